The van der Waals surface area contributed by atoms with Crippen LogP contribution in [0.4, 0.5) is 0 Å². The lowest BCUT2D eigenvalue weighted by molar-refractivity contribution is 0.476. The molecule has 0 unspecified atom stereocenters. The summed E-state index contributed by atoms with van der Waals surface area (Å²) in [7, 11) is -1.33. The summed E-state index contributed by atoms with van der Waals surface area (Å²) >= 11 is 0. The van der Waals surface area contributed by atoms with Crippen molar-refractivity contribution >= 4 is 9.84 Å². The van der Waals surface area contributed by atoms with Crippen molar-refractivity contribution in [2.75, 3.05) is 13.3 Å². The molecular formula is C16H19NO3S. The lowest BCUT2D eigenvalue weighted by Crippen LogP contribution is -2.05. The topological polar surface area (TPSA) is 55.4 Å². The van der Waals surface area contributed by atoms with Crippen molar-refractivity contribution in [1.82, 2.24) is 5.32 Å². The van der Waals surface area contributed by atoms with Gasteiger partial charge in [0, 0.05) is 12.8 Å². The van der Waals surface area contributed by atoms with E-state index < -0.39 is 9.84 Å². The number of nitrogens with one attached hydrogen (secondary N) is 1. The number of hydrogen-bond donors (Lipinski definition) is 1. The minimum Gasteiger partial charge on any atom is -0.457 e. The molecule has 112 valence electrons. The van der Waals surface area contributed by atoms with Gasteiger partial charge < -0.3 is 10.1 Å². The first-order chi connectivity index (χ1) is 9.90. The van der Waals surface area contributed by atoms with Crippen LogP contribution in [0, 0.1) is 6.92 Å². The second-order valence-electron chi connectivity index (χ2n) is 4.98. The van der Waals surface area contributed by atoms with Gasteiger partial charge in [-0.2, -0.15) is 0 Å². The van der Waals surface area contributed by atoms with Gasteiger partial charge in [-0.1, -0.05) is 18.2 Å². The Kier molecular flexibility index (Phi) is 4.65. The molecule has 0 radical (unpaired) electrons. The smallest absolute Gasteiger partial charge is 0.175 e. The van der Waals surface area contributed by atoms with E-state index in [1.54, 1.807) is 18.2 Å². The predicted molar refractivity (Wildman–Crippen MR) is 83.6 cm³/mol. The minimum atomic E-state index is -3.23. The Bertz CT molecular complexity index is 739. The van der Waals surface area contributed by atoms with Crippen LogP contribution >= 0.6 is 0 Å². The summed E-state index contributed by atoms with van der Waals surface area (Å²) < 4.78 is 28.9. The molecule has 0 spiro atoms. The predicted octanol–water partition coefficient (Wildman–Crippen LogP) is 2.91. The monoisotopic (exact) mass is 305 g/mol. The molecule has 5 heteroatoms. The van der Waals surface area contributed by atoms with E-state index >= 15 is 0 Å². The summed E-state index contributed by atoms with van der Waals surface area (Å²) in [6, 6.07) is 12.5. The fourth-order valence-electron chi connectivity index (χ4n) is 2.04. The first-order valence-electron chi connectivity index (χ1n) is 6.62. The van der Waals surface area contributed by atoms with E-state index in [2.05, 4.69) is 5.32 Å². The molecule has 0 aromatic heterocycles. The number of aryl methyl sites for hydroxylation is 1. The molecule has 0 saturated heterocycles. The Labute approximate surface area is 125 Å². The van der Waals surface area contributed by atoms with Gasteiger partial charge in [0.05, 0.1) is 4.90 Å². The van der Waals surface area contributed by atoms with Crippen molar-refractivity contribution in [1.29, 1.82) is 0 Å². The normalized spacial score (nSPS) is 11.4. The molecule has 0 heterocycles. The van der Waals surface area contributed by atoms with Crippen LogP contribution in [0.3, 0.4) is 0 Å². The molecule has 21 heavy (non-hydrogen) atoms. The highest BCUT2D eigenvalue weighted by atomic mass is 32.2. The summed E-state index contributed by atoms with van der Waals surface area (Å²) in [6.07, 6.45) is 1.18. The standard InChI is InChI=1S/C16H19NO3S/c1-12-9-13(11-17-2)7-8-16(12)20-14-5-4-6-15(10-14)21(3,18)19/h4-10,17H,11H2,1-3H3. The number of benzene rings is 2. The highest BCUT2D eigenvalue weighted by molar-refractivity contribution is 7.90. The van der Waals surface area contributed by atoms with E-state index in [4.69, 9.17) is 4.74 Å². The third-order valence-corrected chi connectivity index (χ3v) is 4.19. The van der Waals surface area contributed by atoms with Crippen molar-refractivity contribution in [3.8, 4) is 11.5 Å². The van der Waals surface area contributed by atoms with Crippen LogP contribution in [0.1, 0.15) is 11.1 Å². The molecule has 0 aliphatic heterocycles. The average molecular weight is 305 g/mol. The molecule has 0 fully saturated rings. The first kappa shape index (κ1) is 15.5. The maximum absolute atomic E-state index is 11.6. The van der Waals surface area contributed by atoms with Gasteiger partial charge in [-0.15, -0.1) is 0 Å². The molecule has 0 atom stereocenters. The van der Waals surface area contributed by atoms with Crippen molar-refractivity contribution in [2.24, 2.45) is 0 Å². The Morgan fingerprint density at radius 3 is 2.52 bits per heavy atom. The lowest BCUT2D eigenvalue weighted by Gasteiger charge is -2.11. The second kappa shape index (κ2) is 6.28. The van der Waals surface area contributed by atoms with Crippen LogP contribution in [-0.4, -0.2) is 21.7 Å². The molecule has 0 aliphatic rings. The van der Waals surface area contributed by atoms with E-state index in [1.807, 2.05) is 32.2 Å². The summed E-state index contributed by atoms with van der Waals surface area (Å²) in [5.74, 6) is 1.24. The first-order valence-corrected chi connectivity index (χ1v) is 8.51. The van der Waals surface area contributed by atoms with Crippen molar-refractivity contribution < 1.29 is 13.2 Å². The van der Waals surface area contributed by atoms with Gasteiger partial charge in [0.15, 0.2) is 9.84 Å². The Hall–Kier alpha value is -1.85. The van der Waals surface area contributed by atoms with Gasteiger partial charge in [-0.25, -0.2) is 8.42 Å². The zero-order valence-electron chi connectivity index (χ0n) is 12.4. The SMILES string of the molecule is CNCc1ccc(Oc2cccc(S(C)(=O)=O)c2)c(C)c1. The Morgan fingerprint density at radius 1 is 1.14 bits per heavy atom. The fraction of sp³-hybridized carbons (Fsp3) is 0.250. The van der Waals surface area contributed by atoms with Crippen molar-refractivity contribution in [3.05, 3.63) is 53.6 Å². The summed E-state index contributed by atoms with van der Waals surface area (Å²) in [5, 5.41) is 3.10. The van der Waals surface area contributed by atoms with Crippen LogP contribution < -0.4 is 10.1 Å². The van der Waals surface area contributed by atoms with Crippen molar-refractivity contribution in [3.63, 3.8) is 0 Å². The van der Waals surface area contributed by atoms with E-state index in [1.165, 1.54) is 17.9 Å². The molecule has 1 N–H and O–H groups in total. The van der Waals surface area contributed by atoms with Crippen LogP contribution in [-0.2, 0) is 16.4 Å². The van der Waals surface area contributed by atoms with Gasteiger partial charge >= 0.3 is 0 Å². The van der Waals surface area contributed by atoms with Crippen LogP contribution in [0.5, 0.6) is 11.5 Å². The maximum atomic E-state index is 11.6. The van der Waals surface area contributed by atoms with E-state index in [0.717, 1.165) is 17.9 Å². The number of sulfone groups is 1. The van der Waals surface area contributed by atoms with E-state index in [-0.39, 0.29) is 4.90 Å². The zero-order chi connectivity index (χ0) is 15.5. The molecular weight excluding hydrogens is 286 g/mol. The summed E-state index contributed by atoms with van der Waals surface area (Å²) in [6.45, 7) is 2.76. The van der Waals surface area contributed by atoms with Crippen LogP contribution in [0.15, 0.2) is 47.4 Å². The van der Waals surface area contributed by atoms with Crippen molar-refractivity contribution in [2.45, 2.75) is 18.4 Å². The third-order valence-electron chi connectivity index (χ3n) is 3.08. The molecule has 0 bridgehead atoms. The lowest BCUT2D eigenvalue weighted by atomic mass is 10.1. The third kappa shape index (κ3) is 4.06. The quantitative estimate of drug-likeness (QED) is 0.923. The highest BCUT2D eigenvalue weighted by Crippen LogP contribution is 2.27. The van der Waals surface area contributed by atoms with Crippen LogP contribution in [0.2, 0.25) is 0 Å². The van der Waals surface area contributed by atoms with Gasteiger partial charge in [0.1, 0.15) is 11.5 Å². The van der Waals surface area contributed by atoms with Gasteiger partial charge in [0.25, 0.3) is 0 Å². The molecule has 4 nitrogen and oxygen atoms in total. The molecule has 2 aromatic rings. The second-order valence-corrected chi connectivity index (χ2v) is 7.00. The van der Waals surface area contributed by atoms with E-state index in [9.17, 15) is 8.42 Å². The molecule has 2 rings (SSSR count). The molecule has 0 aliphatic carbocycles. The van der Waals surface area contributed by atoms with Gasteiger partial charge in [0.2, 0.25) is 0 Å². The summed E-state index contributed by atoms with van der Waals surface area (Å²) in [5.41, 5.74) is 2.18. The minimum absolute atomic E-state index is 0.254. The fourth-order valence-corrected chi connectivity index (χ4v) is 2.69. The highest BCUT2D eigenvalue weighted by Gasteiger charge is 2.09. The van der Waals surface area contributed by atoms with Gasteiger partial charge in [-0.3, -0.25) is 0 Å². The Balaban J connectivity index is 2.26. The number of rotatable bonds is 5. The molecule has 0 amide bonds. The average Bonchev–Trinajstić information content (AvgIpc) is 2.42. The molecule has 0 saturated carbocycles. The van der Waals surface area contributed by atoms with Crippen LogP contribution in [0.25, 0.3) is 0 Å². The largest absolute Gasteiger partial charge is 0.457 e. The zero-order valence-corrected chi connectivity index (χ0v) is 13.2. The van der Waals surface area contributed by atoms with Gasteiger partial charge in [-0.05, 0) is 49.4 Å². The Morgan fingerprint density at radius 2 is 1.90 bits per heavy atom. The summed E-state index contributed by atoms with van der Waals surface area (Å²) in [4.78, 5) is 0.254. The number of hydrogen-bond acceptors (Lipinski definition) is 4. The maximum Gasteiger partial charge on any atom is 0.175 e. The van der Waals surface area contributed by atoms with E-state index in [0.29, 0.717) is 5.75 Å². The number of ether oxygens (including phenoxy) is 1. The molecule has 2 aromatic carbocycles.